The first kappa shape index (κ1) is 19.7. The molecule has 0 saturated carbocycles. The third kappa shape index (κ3) is 3.65. The highest BCUT2D eigenvalue weighted by Crippen LogP contribution is 2.78. The van der Waals surface area contributed by atoms with Gasteiger partial charge in [-0.1, -0.05) is 38.0 Å². The van der Waals surface area contributed by atoms with Crippen LogP contribution in [0.3, 0.4) is 0 Å². The molecular weight excluding hydrogens is 370 g/mol. The Hall–Kier alpha value is -1.64. The van der Waals surface area contributed by atoms with Crippen molar-refractivity contribution in [3.05, 3.63) is 34.7 Å². The van der Waals surface area contributed by atoms with Crippen LogP contribution in [0.25, 0.3) is 6.08 Å². The second-order valence-corrected chi connectivity index (χ2v) is 8.18. The summed E-state index contributed by atoms with van der Waals surface area (Å²) in [7, 11) is -4.55. The van der Waals surface area contributed by atoms with Crippen LogP contribution in [-0.2, 0) is 8.98 Å². The largest absolute Gasteiger partial charge is 0.491 e. The summed E-state index contributed by atoms with van der Waals surface area (Å²) in [6, 6.07) is 5.22. The van der Waals surface area contributed by atoms with Crippen molar-refractivity contribution in [3.63, 3.8) is 0 Å². The van der Waals surface area contributed by atoms with Crippen LogP contribution in [0.5, 0.6) is 0 Å². The predicted octanol–water partition coefficient (Wildman–Crippen LogP) is 6.33. The predicted molar refractivity (Wildman–Crippen MR) is 82.6 cm³/mol. The molecule has 1 aliphatic heterocycles. The second-order valence-electron chi connectivity index (χ2n) is 5.48. The van der Waals surface area contributed by atoms with Gasteiger partial charge in [-0.25, -0.2) is 4.79 Å². The monoisotopic (exact) mass is 386 g/mol. The van der Waals surface area contributed by atoms with Gasteiger partial charge in [-0.15, -0.1) is 0 Å². The molecule has 0 saturated heterocycles. The lowest BCUT2D eigenvalue weighted by atomic mass is 10.1. The van der Waals surface area contributed by atoms with Gasteiger partial charge in [-0.05, 0) is 30.5 Å². The van der Waals surface area contributed by atoms with E-state index in [1.54, 1.807) is 0 Å². The molecule has 0 amide bonds. The van der Waals surface area contributed by atoms with Gasteiger partial charge in [-0.2, -0.15) is 26.3 Å². The first-order valence-electron chi connectivity index (χ1n) is 7.54. The lowest BCUT2D eigenvalue weighted by molar-refractivity contribution is -0.189. The minimum Gasteiger partial charge on any atom is -0.392 e. The fourth-order valence-corrected chi connectivity index (χ4v) is 5.50. The maximum Gasteiger partial charge on any atom is 0.491 e. The number of carbonyl (C=O) groups excluding carboxylic acids is 1. The van der Waals surface area contributed by atoms with Crippen LogP contribution in [0.4, 0.5) is 26.3 Å². The van der Waals surface area contributed by atoms with Gasteiger partial charge in [0.1, 0.15) is 0 Å². The Balaban J connectivity index is 2.56. The molecule has 0 fully saturated rings. The maximum absolute atomic E-state index is 14.0. The average molecular weight is 386 g/mol. The Morgan fingerprint density at radius 1 is 1.08 bits per heavy atom. The molecule has 9 heteroatoms. The van der Waals surface area contributed by atoms with Crippen molar-refractivity contribution in [2.45, 2.75) is 49.2 Å². The summed E-state index contributed by atoms with van der Waals surface area (Å²) in [6.07, 6.45) is -2.66. The number of alkyl halides is 6. The van der Waals surface area contributed by atoms with Gasteiger partial charge in [0, 0.05) is 9.80 Å². The lowest BCUT2D eigenvalue weighted by Gasteiger charge is -2.39. The summed E-state index contributed by atoms with van der Waals surface area (Å²) >= 11 is 0. The van der Waals surface area contributed by atoms with E-state index in [1.165, 1.54) is 24.3 Å². The molecule has 2 rings (SSSR count). The van der Waals surface area contributed by atoms with Crippen molar-refractivity contribution in [1.29, 1.82) is 0 Å². The van der Waals surface area contributed by atoms with E-state index in [9.17, 15) is 31.1 Å². The standard InChI is InChI=1S/C16H16F6O2S/c1-2-3-4-8-12-10-11-7-5-6-9-13(11)25(12,16(20,21)22)24-14(23)15(17,18)19/h5-7,9-10H,2-4,8H2,1H3. The number of unbranched alkanes of at least 4 members (excludes halogenated alkanes) is 2. The zero-order valence-electron chi connectivity index (χ0n) is 13.2. The Morgan fingerprint density at radius 3 is 2.28 bits per heavy atom. The highest BCUT2D eigenvalue weighted by molar-refractivity contribution is 8.34. The second kappa shape index (κ2) is 6.93. The number of fused-ring (bicyclic) bond motifs is 1. The van der Waals surface area contributed by atoms with Crippen molar-refractivity contribution in [1.82, 2.24) is 0 Å². The topological polar surface area (TPSA) is 26.3 Å². The molecule has 1 aromatic rings. The molecule has 0 aromatic heterocycles. The summed E-state index contributed by atoms with van der Waals surface area (Å²) in [5.74, 6) is -2.82. The van der Waals surface area contributed by atoms with Gasteiger partial charge >= 0.3 is 17.7 Å². The first-order valence-corrected chi connectivity index (χ1v) is 9.09. The highest BCUT2D eigenvalue weighted by atomic mass is 32.3. The van der Waals surface area contributed by atoms with Gasteiger partial charge in [0.2, 0.25) is 0 Å². The number of halogens is 6. The van der Waals surface area contributed by atoms with Crippen LogP contribution in [0.1, 0.15) is 38.2 Å². The molecule has 1 aromatic carbocycles. The summed E-state index contributed by atoms with van der Waals surface area (Å²) in [6.45, 7) is 1.85. The lowest BCUT2D eigenvalue weighted by Crippen LogP contribution is -2.32. The van der Waals surface area contributed by atoms with E-state index in [0.29, 0.717) is 12.8 Å². The van der Waals surface area contributed by atoms with E-state index >= 15 is 0 Å². The van der Waals surface area contributed by atoms with Crippen molar-refractivity contribution >= 4 is 22.4 Å². The zero-order valence-corrected chi connectivity index (χ0v) is 14.0. The third-order valence-corrected chi connectivity index (χ3v) is 6.80. The molecule has 0 bridgehead atoms. The fraction of sp³-hybridized carbons (Fsp3) is 0.438. The molecule has 1 atom stereocenters. The number of allylic oxidation sites excluding steroid dienone is 1. The van der Waals surface area contributed by atoms with Crippen LogP contribution in [0.2, 0.25) is 0 Å². The zero-order chi connectivity index (χ0) is 18.9. The van der Waals surface area contributed by atoms with E-state index in [0.717, 1.165) is 12.5 Å². The molecule has 1 unspecified atom stereocenters. The molecule has 2 nitrogen and oxygen atoms in total. The number of rotatable bonds is 5. The van der Waals surface area contributed by atoms with Crippen LogP contribution >= 0.6 is 10.3 Å². The Morgan fingerprint density at radius 2 is 1.72 bits per heavy atom. The van der Waals surface area contributed by atoms with E-state index in [2.05, 4.69) is 4.18 Å². The number of benzene rings is 1. The van der Waals surface area contributed by atoms with Gasteiger partial charge in [0.15, 0.2) is 0 Å². The number of hydrogen-bond acceptors (Lipinski definition) is 2. The Kier molecular flexibility index (Phi) is 5.46. The van der Waals surface area contributed by atoms with Gasteiger partial charge in [0.05, 0.1) is 10.3 Å². The molecule has 140 valence electrons. The first-order chi connectivity index (χ1) is 11.5. The Labute approximate surface area is 142 Å². The quantitative estimate of drug-likeness (QED) is 0.437. The highest BCUT2D eigenvalue weighted by Gasteiger charge is 2.62. The van der Waals surface area contributed by atoms with E-state index < -0.39 is 32.9 Å². The van der Waals surface area contributed by atoms with Gasteiger partial charge in [0.25, 0.3) is 0 Å². The summed E-state index contributed by atoms with van der Waals surface area (Å²) < 4.78 is 84.0. The minimum atomic E-state index is -5.50. The van der Waals surface area contributed by atoms with Crippen molar-refractivity contribution in [2.75, 3.05) is 0 Å². The molecule has 0 aliphatic carbocycles. The Bertz CT molecular complexity index is 680. The molecule has 0 N–H and O–H groups in total. The van der Waals surface area contributed by atoms with E-state index in [-0.39, 0.29) is 16.9 Å². The van der Waals surface area contributed by atoms with Crippen molar-refractivity contribution in [2.24, 2.45) is 0 Å². The SMILES string of the molecule is CCCCCC1=Cc2ccccc2S1(OC(=O)C(F)(F)F)C(F)(F)F. The maximum atomic E-state index is 14.0. The van der Waals surface area contributed by atoms with Crippen LogP contribution < -0.4 is 0 Å². The van der Waals surface area contributed by atoms with E-state index in [4.69, 9.17) is 0 Å². The van der Waals surface area contributed by atoms with Crippen molar-refractivity contribution < 1.29 is 35.3 Å². The molecule has 25 heavy (non-hydrogen) atoms. The van der Waals surface area contributed by atoms with Gasteiger partial charge in [-0.3, -0.25) is 0 Å². The van der Waals surface area contributed by atoms with Crippen LogP contribution in [-0.4, -0.2) is 17.7 Å². The average Bonchev–Trinajstić information content (AvgIpc) is 2.81. The normalized spacial score (nSPS) is 22.8. The molecule has 1 aliphatic rings. The summed E-state index contributed by atoms with van der Waals surface area (Å²) in [5, 5.41) is 0. The smallest absolute Gasteiger partial charge is 0.392 e. The summed E-state index contributed by atoms with van der Waals surface area (Å²) in [4.78, 5) is 10.6. The van der Waals surface area contributed by atoms with Crippen LogP contribution in [0, 0.1) is 0 Å². The molecule has 1 heterocycles. The van der Waals surface area contributed by atoms with E-state index in [1.807, 2.05) is 6.92 Å². The number of hydrogen-bond donors (Lipinski definition) is 0. The molecule has 0 radical (unpaired) electrons. The van der Waals surface area contributed by atoms with Crippen molar-refractivity contribution in [3.8, 4) is 0 Å². The summed E-state index contributed by atoms with van der Waals surface area (Å²) in [5.41, 5.74) is -5.00. The minimum absolute atomic E-state index is 0.0809. The fourth-order valence-electron chi connectivity index (χ4n) is 2.60. The third-order valence-electron chi connectivity index (χ3n) is 3.70. The molecule has 0 spiro atoms. The van der Waals surface area contributed by atoms with Gasteiger partial charge < -0.3 is 4.18 Å². The molecular formula is C16H16F6O2S. The van der Waals surface area contributed by atoms with Crippen LogP contribution in [0.15, 0.2) is 34.1 Å². The number of carbonyl (C=O) groups is 1.